The number of nitrogens with zero attached hydrogens (tertiary/aromatic N) is 2. The predicted octanol–water partition coefficient (Wildman–Crippen LogP) is 6.80. The standard InChI is InChI=1S/C28H23F2N3O2/c29-22-13-21(14-23(30)27(22)28-32-24-10-3-17(15-31)11-25(24)33-28)20-8-6-19(7-9-20)18-4-1-16(2-5-18)12-26(34)35/h3,6-11,13-14,16,18H,1-2,4-5,12H2,(H,32,33)(H,34,35). The SMILES string of the molecule is N#Cc1ccc2nc(-c3c(F)cc(-c4ccc(C5CCC(CC(=O)O)CC5)cc4)cc3F)[nH]c2c1. The number of imidazole rings is 1. The van der Waals surface area contributed by atoms with Gasteiger partial charge in [-0.15, -0.1) is 0 Å². The van der Waals surface area contributed by atoms with Gasteiger partial charge in [-0.3, -0.25) is 4.79 Å². The van der Waals surface area contributed by atoms with E-state index in [4.69, 9.17) is 10.4 Å². The van der Waals surface area contributed by atoms with Crippen LogP contribution < -0.4 is 0 Å². The van der Waals surface area contributed by atoms with Crippen LogP contribution in [-0.4, -0.2) is 21.0 Å². The summed E-state index contributed by atoms with van der Waals surface area (Å²) in [7, 11) is 0. The number of nitrogens with one attached hydrogen (secondary N) is 1. The fourth-order valence-corrected chi connectivity index (χ4v) is 5.06. The molecule has 4 aromatic rings. The number of aromatic amines is 1. The number of carboxylic acids is 1. The third-order valence-electron chi connectivity index (χ3n) is 6.92. The molecule has 1 saturated carbocycles. The highest BCUT2D eigenvalue weighted by Gasteiger charge is 2.24. The molecule has 0 amide bonds. The summed E-state index contributed by atoms with van der Waals surface area (Å²) in [5.74, 6) is -1.49. The van der Waals surface area contributed by atoms with Crippen LogP contribution in [0.25, 0.3) is 33.5 Å². The molecule has 176 valence electrons. The van der Waals surface area contributed by atoms with Gasteiger partial charge in [0.15, 0.2) is 0 Å². The van der Waals surface area contributed by atoms with Gasteiger partial charge in [-0.1, -0.05) is 24.3 Å². The van der Waals surface area contributed by atoms with Gasteiger partial charge < -0.3 is 10.1 Å². The number of nitriles is 1. The highest BCUT2D eigenvalue weighted by molar-refractivity contribution is 5.81. The summed E-state index contributed by atoms with van der Waals surface area (Å²) in [6.07, 6.45) is 3.92. The van der Waals surface area contributed by atoms with Crippen molar-refractivity contribution in [1.82, 2.24) is 9.97 Å². The first-order valence-corrected chi connectivity index (χ1v) is 11.6. The number of hydrogen-bond acceptors (Lipinski definition) is 3. The normalized spacial score (nSPS) is 17.9. The van der Waals surface area contributed by atoms with Crippen molar-refractivity contribution in [1.29, 1.82) is 5.26 Å². The number of benzene rings is 3. The van der Waals surface area contributed by atoms with Gasteiger partial charge >= 0.3 is 5.97 Å². The predicted molar refractivity (Wildman–Crippen MR) is 129 cm³/mol. The molecular formula is C28H23F2N3O2. The number of aromatic nitrogens is 2. The molecule has 1 fully saturated rings. The van der Waals surface area contributed by atoms with Gasteiger partial charge in [-0.25, -0.2) is 13.8 Å². The van der Waals surface area contributed by atoms with Crippen LogP contribution in [0.4, 0.5) is 8.78 Å². The van der Waals surface area contributed by atoms with Crippen LogP contribution in [0.2, 0.25) is 0 Å². The maximum Gasteiger partial charge on any atom is 0.303 e. The number of rotatable bonds is 5. The number of aliphatic carboxylic acids is 1. The number of hydrogen-bond donors (Lipinski definition) is 2. The average Bonchev–Trinajstić information content (AvgIpc) is 3.26. The van der Waals surface area contributed by atoms with E-state index < -0.39 is 17.6 Å². The van der Waals surface area contributed by atoms with Crippen LogP contribution in [0.15, 0.2) is 54.6 Å². The van der Waals surface area contributed by atoms with Gasteiger partial charge in [0.2, 0.25) is 0 Å². The minimum Gasteiger partial charge on any atom is -0.481 e. The minimum absolute atomic E-state index is 0.0745. The molecule has 2 N–H and O–H groups in total. The van der Waals surface area contributed by atoms with Gasteiger partial charge in [-0.2, -0.15) is 5.26 Å². The summed E-state index contributed by atoms with van der Waals surface area (Å²) in [6, 6.07) is 17.2. The van der Waals surface area contributed by atoms with Crippen molar-refractivity contribution >= 4 is 17.0 Å². The summed E-state index contributed by atoms with van der Waals surface area (Å²) in [5.41, 5.74) is 3.56. The molecule has 0 radical (unpaired) electrons. The number of carboxylic acid groups (broad SMARTS) is 1. The van der Waals surface area contributed by atoms with E-state index in [0.29, 0.717) is 33.6 Å². The summed E-state index contributed by atoms with van der Waals surface area (Å²) in [6.45, 7) is 0. The Kier molecular flexibility index (Phi) is 6.04. The van der Waals surface area contributed by atoms with Gasteiger partial charge in [0.1, 0.15) is 17.5 Å². The smallest absolute Gasteiger partial charge is 0.303 e. The second-order valence-corrected chi connectivity index (χ2v) is 9.18. The largest absolute Gasteiger partial charge is 0.481 e. The molecule has 1 aromatic heterocycles. The lowest BCUT2D eigenvalue weighted by molar-refractivity contribution is -0.138. The van der Waals surface area contributed by atoms with Crippen molar-refractivity contribution in [3.8, 4) is 28.6 Å². The molecule has 0 spiro atoms. The third kappa shape index (κ3) is 4.65. The fourth-order valence-electron chi connectivity index (χ4n) is 5.06. The molecule has 1 heterocycles. The van der Waals surface area contributed by atoms with Crippen molar-refractivity contribution in [2.45, 2.75) is 38.0 Å². The molecule has 0 saturated heterocycles. The molecule has 0 unspecified atom stereocenters. The molecule has 5 nitrogen and oxygen atoms in total. The molecule has 0 atom stereocenters. The summed E-state index contributed by atoms with van der Waals surface area (Å²) >= 11 is 0. The van der Waals surface area contributed by atoms with Crippen LogP contribution in [0.1, 0.15) is 49.1 Å². The Morgan fingerprint density at radius 1 is 1.00 bits per heavy atom. The van der Waals surface area contributed by atoms with Gasteiger partial charge in [0.25, 0.3) is 0 Å². The quantitative estimate of drug-likeness (QED) is 0.335. The lowest BCUT2D eigenvalue weighted by Gasteiger charge is -2.28. The zero-order chi connectivity index (χ0) is 24.5. The van der Waals surface area contributed by atoms with Gasteiger partial charge in [0.05, 0.1) is 28.2 Å². The number of H-pyrrole nitrogens is 1. The van der Waals surface area contributed by atoms with Crippen LogP contribution in [0, 0.1) is 28.9 Å². The molecule has 5 rings (SSSR count). The van der Waals surface area contributed by atoms with E-state index in [-0.39, 0.29) is 23.7 Å². The van der Waals surface area contributed by atoms with E-state index in [2.05, 4.69) is 9.97 Å². The maximum atomic E-state index is 15.1. The molecule has 7 heteroatoms. The van der Waals surface area contributed by atoms with E-state index in [9.17, 15) is 4.79 Å². The Morgan fingerprint density at radius 3 is 2.31 bits per heavy atom. The maximum absolute atomic E-state index is 15.1. The Morgan fingerprint density at radius 2 is 1.69 bits per heavy atom. The van der Waals surface area contributed by atoms with Crippen LogP contribution in [-0.2, 0) is 4.79 Å². The van der Waals surface area contributed by atoms with E-state index in [1.54, 1.807) is 18.2 Å². The third-order valence-corrected chi connectivity index (χ3v) is 6.92. The Labute approximate surface area is 201 Å². The van der Waals surface area contributed by atoms with E-state index in [1.807, 2.05) is 30.3 Å². The zero-order valence-corrected chi connectivity index (χ0v) is 18.9. The lowest BCUT2D eigenvalue weighted by atomic mass is 9.77. The van der Waals surface area contributed by atoms with Crippen molar-refractivity contribution < 1.29 is 18.7 Å². The highest BCUT2D eigenvalue weighted by Crippen LogP contribution is 2.38. The number of carbonyl (C=O) groups is 1. The summed E-state index contributed by atoms with van der Waals surface area (Å²) in [5, 5.41) is 18.0. The second kappa shape index (κ2) is 9.30. The molecule has 3 aromatic carbocycles. The molecule has 0 bridgehead atoms. The average molecular weight is 472 g/mol. The van der Waals surface area contributed by atoms with E-state index in [1.165, 1.54) is 17.7 Å². The Bertz CT molecular complexity index is 1420. The molecule has 1 aliphatic carbocycles. The van der Waals surface area contributed by atoms with Crippen LogP contribution >= 0.6 is 0 Å². The molecule has 1 aliphatic rings. The second-order valence-electron chi connectivity index (χ2n) is 9.18. The number of halogens is 2. The Hall–Kier alpha value is -4.05. The van der Waals surface area contributed by atoms with E-state index in [0.717, 1.165) is 25.7 Å². The van der Waals surface area contributed by atoms with Gasteiger partial charge in [0, 0.05) is 6.42 Å². The highest BCUT2D eigenvalue weighted by atomic mass is 19.1. The van der Waals surface area contributed by atoms with Crippen LogP contribution in [0.5, 0.6) is 0 Å². The topological polar surface area (TPSA) is 89.8 Å². The van der Waals surface area contributed by atoms with Crippen molar-refractivity contribution in [2.75, 3.05) is 0 Å². The Balaban J connectivity index is 1.36. The summed E-state index contributed by atoms with van der Waals surface area (Å²) < 4.78 is 30.1. The summed E-state index contributed by atoms with van der Waals surface area (Å²) in [4.78, 5) is 18.1. The van der Waals surface area contributed by atoms with E-state index >= 15 is 8.78 Å². The monoisotopic (exact) mass is 471 g/mol. The number of fused-ring (bicyclic) bond motifs is 1. The lowest BCUT2D eigenvalue weighted by Crippen LogP contribution is -2.16. The first-order chi connectivity index (χ1) is 16.9. The van der Waals surface area contributed by atoms with Crippen molar-refractivity contribution in [3.63, 3.8) is 0 Å². The minimum atomic E-state index is -0.739. The first-order valence-electron chi connectivity index (χ1n) is 11.6. The van der Waals surface area contributed by atoms with Gasteiger partial charge in [-0.05, 0) is 84.5 Å². The zero-order valence-electron chi connectivity index (χ0n) is 18.9. The van der Waals surface area contributed by atoms with Crippen molar-refractivity contribution in [2.24, 2.45) is 5.92 Å². The van der Waals surface area contributed by atoms with Crippen molar-refractivity contribution in [3.05, 3.63) is 77.4 Å². The molecule has 0 aliphatic heterocycles. The molecular weight excluding hydrogens is 448 g/mol. The fraction of sp³-hybridized carbons (Fsp3) is 0.250. The molecule has 35 heavy (non-hydrogen) atoms. The first kappa shape index (κ1) is 22.7. The van der Waals surface area contributed by atoms with Crippen LogP contribution in [0.3, 0.4) is 0 Å².